The Bertz CT molecular complexity index is 1610. The molecule has 4 fully saturated rings. The molecule has 1 saturated heterocycles. The predicted octanol–water partition coefficient (Wildman–Crippen LogP) is 5.00. The average Bonchev–Trinajstić information content (AvgIpc) is 3.58. The summed E-state index contributed by atoms with van der Waals surface area (Å²) in [5.74, 6) is -0.230. The third-order valence-corrected chi connectivity index (χ3v) is 10.3. The van der Waals surface area contributed by atoms with E-state index in [9.17, 15) is 14.4 Å². The Morgan fingerprint density at radius 2 is 1.72 bits per heavy atom. The Labute approximate surface area is 296 Å². The molecule has 1 aromatic carbocycles. The molecular weight excluding hydrogens is 641 g/mol. The van der Waals surface area contributed by atoms with Crippen LogP contribution in [0.1, 0.15) is 111 Å². The number of carbonyl (C=O) groups is 3. The predicted molar refractivity (Wildman–Crippen MR) is 186 cm³/mol. The van der Waals surface area contributed by atoms with Crippen molar-refractivity contribution >= 4 is 25.1 Å². The minimum absolute atomic E-state index is 0.101. The molecule has 2 heterocycles. The molecule has 0 radical (unpaired) electrons. The summed E-state index contributed by atoms with van der Waals surface area (Å²) in [6.45, 7) is 20.9. The highest BCUT2D eigenvalue weighted by molar-refractivity contribution is 6.48. The van der Waals surface area contributed by atoms with Gasteiger partial charge in [-0.1, -0.05) is 31.2 Å². The summed E-state index contributed by atoms with van der Waals surface area (Å²) in [5, 5.41) is 14.3. The fourth-order valence-corrected chi connectivity index (χ4v) is 7.69. The molecule has 2 bridgehead atoms. The van der Waals surface area contributed by atoms with Gasteiger partial charge in [-0.3, -0.25) is 4.79 Å². The van der Waals surface area contributed by atoms with E-state index in [1.165, 1.54) is 11.8 Å². The first-order valence-electron chi connectivity index (χ1n) is 17.5. The molecular formula is C36H54BN5O8. The number of amides is 2. The largest absolute Gasteiger partial charge is 0.496 e. The van der Waals surface area contributed by atoms with E-state index >= 15 is 0 Å². The Kier molecular flexibility index (Phi) is 9.90. The highest BCUT2D eigenvalue weighted by atomic mass is 16.7. The molecule has 1 aliphatic heterocycles. The third-order valence-electron chi connectivity index (χ3n) is 10.3. The molecule has 2 aromatic rings. The van der Waals surface area contributed by atoms with Crippen LogP contribution >= 0.6 is 0 Å². The summed E-state index contributed by atoms with van der Waals surface area (Å²) < 4.78 is 31.7. The minimum Gasteiger partial charge on any atom is -0.496 e. The molecule has 1 aromatic heterocycles. The van der Waals surface area contributed by atoms with Gasteiger partial charge in [-0.2, -0.15) is 0 Å². The molecule has 3 aliphatic carbocycles. The summed E-state index contributed by atoms with van der Waals surface area (Å²) >= 11 is 0. The Morgan fingerprint density at radius 3 is 2.34 bits per heavy atom. The normalized spacial score (nSPS) is 24.8. The maximum Gasteiger partial charge on any atom is 0.482 e. The summed E-state index contributed by atoms with van der Waals surface area (Å²) in [5.41, 5.74) is -1.19. The number of rotatable bonds is 10. The molecule has 0 spiro atoms. The van der Waals surface area contributed by atoms with E-state index in [-0.39, 0.29) is 30.4 Å². The first-order valence-corrected chi connectivity index (χ1v) is 17.5. The maximum atomic E-state index is 13.7. The molecule has 6 rings (SSSR count). The number of nitrogens with zero attached hydrogens (tertiary/aromatic N) is 3. The Hall–Kier alpha value is -3.65. The van der Waals surface area contributed by atoms with Crippen LogP contribution in [0.15, 0.2) is 24.4 Å². The second-order valence-corrected chi connectivity index (χ2v) is 17.3. The number of para-hydroxylation sites is 1. The summed E-state index contributed by atoms with van der Waals surface area (Å²) in [6, 6.07) is 5.30. The van der Waals surface area contributed by atoms with Gasteiger partial charge in [-0.05, 0) is 110 Å². The van der Waals surface area contributed by atoms with Crippen molar-refractivity contribution in [2.45, 2.75) is 136 Å². The van der Waals surface area contributed by atoms with Gasteiger partial charge >= 0.3 is 19.2 Å². The smallest absolute Gasteiger partial charge is 0.482 e. The van der Waals surface area contributed by atoms with Crippen molar-refractivity contribution in [3.05, 3.63) is 41.2 Å². The quantitative estimate of drug-likeness (QED) is 0.257. The van der Waals surface area contributed by atoms with E-state index in [0.29, 0.717) is 34.4 Å². The van der Waals surface area contributed by atoms with Crippen molar-refractivity contribution in [2.75, 3.05) is 7.11 Å². The third kappa shape index (κ3) is 7.80. The van der Waals surface area contributed by atoms with Crippen molar-refractivity contribution in [3.8, 4) is 5.75 Å². The number of methoxy groups -OCH3 is 1. The highest BCUT2D eigenvalue weighted by Gasteiger charge is 2.68. The molecule has 50 heavy (non-hydrogen) atoms. The molecule has 2 N–H and O–H groups in total. The number of nitrogens with one attached hydrogen (secondary N) is 2. The number of hydrogen-bond donors (Lipinski definition) is 2. The zero-order valence-electron chi connectivity index (χ0n) is 31.6. The lowest BCUT2D eigenvalue weighted by molar-refractivity contribution is -0.199. The lowest BCUT2D eigenvalue weighted by Gasteiger charge is -2.64. The Morgan fingerprint density at radius 1 is 1.04 bits per heavy atom. The highest BCUT2D eigenvalue weighted by Crippen LogP contribution is 2.65. The van der Waals surface area contributed by atoms with Gasteiger partial charge in [0.2, 0.25) is 5.91 Å². The van der Waals surface area contributed by atoms with Gasteiger partial charge in [-0.25, -0.2) is 14.3 Å². The number of alkyl carbamates (subject to hydrolysis) is 1. The van der Waals surface area contributed by atoms with Crippen LogP contribution in [0.2, 0.25) is 0 Å². The lowest BCUT2D eigenvalue weighted by Crippen LogP contribution is -2.65. The summed E-state index contributed by atoms with van der Waals surface area (Å²) in [7, 11) is 0.761. The molecule has 14 heteroatoms. The monoisotopic (exact) mass is 695 g/mol. The van der Waals surface area contributed by atoms with Crippen molar-refractivity contribution in [3.63, 3.8) is 0 Å². The van der Waals surface area contributed by atoms with Gasteiger partial charge < -0.3 is 34.2 Å². The standard InChI is InChI=1S/C36H54BN5O8/c1-32(2,3)47-30(44)23-15-13-14-21(29(23)46-12)16-27(37-49-26-18-22-17-24(34(22,7)8)36(26,11)50-37)38-28(43)20-42-19-25(40-41-42)35(9,10)39-31(45)48-33(4,5)6/h13-15,19,22,24,26-27H,16-18,20H2,1-12H3,(H,38,43)(H,39,45)/t22-,24-,26+,27?,36-/m0/s1. The molecule has 1 unspecified atom stereocenters. The van der Waals surface area contributed by atoms with Crippen molar-refractivity contribution < 1.29 is 37.9 Å². The molecule has 274 valence electrons. The second kappa shape index (κ2) is 13.2. The first kappa shape index (κ1) is 37.6. The van der Waals surface area contributed by atoms with Crippen molar-refractivity contribution in [1.29, 1.82) is 0 Å². The zero-order chi connectivity index (χ0) is 37.0. The number of carbonyl (C=O) groups excluding carboxylic acids is 3. The van der Waals surface area contributed by atoms with Crippen molar-refractivity contribution in [1.82, 2.24) is 25.6 Å². The first-order chi connectivity index (χ1) is 23.0. The second-order valence-electron chi connectivity index (χ2n) is 17.3. The van der Waals surface area contributed by atoms with Gasteiger partial charge in [-0.15, -0.1) is 5.10 Å². The molecule has 5 atom stereocenters. The van der Waals surface area contributed by atoms with E-state index in [1.54, 1.807) is 52.9 Å². The minimum atomic E-state index is -0.916. The number of benzene rings is 1. The van der Waals surface area contributed by atoms with Gasteiger partial charge in [0, 0.05) is 0 Å². The summed E-state index contributed by atoms with van der Waals surface area (Å²) in [6.07, 6.45) is 3.17. The van der Waals surface area contributed by atoms with Gasteiger partial charge in [0.25, 0.3) is 0 Å². The van der Waals surface area contributed by atoms with Gasteiger partial charge in [0.05, 0.1) is 36.5 Å². The molecule has 4 aliphatic rings. The van der Waals surface area contributed by atoms with Crippen LogP contribution in [0.5, 0.6) is 5.75 Å². The number of hydrogen-bond acceptors (Lipinski definition) is 10. The molecule has 2 amide bonds. The van der Waals surface area contributed by atoms with Gasteiger partial charge in [0.1, 0.15) is 34.8 Å². The van der Waals surface area contributed by atoms with Gasteiger partial charge in [0.15, 0.2) is 0 Å². The topological polar surface area (TPSA) is 152 Å². The SMILES string of the molecule is COc1c(CC(NC(=O)Cn2cc(C(C)(C)NC(=O)OC(C)(C)C)nn2)B2O[C@@H]3C[C@@H]4C[C@@H](C4(C)C)[C@]3(C)O2)cccc1C(=O)OC(C)(C)C. The van der Waals surface area contributed by atoms with Crippen LogP contribution < -0.4 is 15.4 Å². The van der Waals surface area contributed by atoms with E-state index in [1.807, 2.05) is 26.8 Å². The van der Waals surface area contributed by atoms with Crippen LogP contribution in [0.3, 0.4) is 0 Å². The number of esters is 1. The summed E-state index contributed by atoms with van der Waals surface area (Å²) in [4.78, 5) is 39.3. The van der Waals surface area contributed by atoms with Crippen molar-refractivity contribution in [2.24, 2.45) is 17.3 Å². The van der Waals surface area contributed by atoms with Crippen LogP contribution in [-0.2, 0) is 42.1 Å². The average molecular weight is 696 g/mol. The van der Waals surface area contributed by atoms with E-state index in [4.69, 9.17) is 23.5 Å². The zero-order valence-corrected chi connectivity index (χ0v) is 31.6. The fraction of sp³-hybridized carbons (Fsp3) is 0.694. The van der Waals surface area contributed by atoms with E-state index in [2.05, 4.69) is 41.7 Å². The maximum absolute atomic E-state index is 13.7. The fourth-order valence-electron chi connectivity index (χ4n) is 7.69. The van der Waals surface area contributed by atoms with Crippen LogP contribution in [0, 0.1) is 17.3 Å². The number of aromatic nitrogens is 3. The lowest BCUT2D eigenvalue weighted by atomic mass is 9.43. The number of ether oxygens (including phenoxy) is 3. The van der Waals surface area contributed by atoms with Crippen LogP contribution in [0.4, 0.5) is 4.79 Å². The van der Waals surface area contributed by atoms with E-state index in [0.717, 1.165) is 12.8 Å². The van der Waals surface area contributed by atoms with Crippen LogP contribution in [0.25, 0.3) is 0 Å². The molecule has 3 saturated carbocycles. The van der Waals surface area contributed by atoms with Crippen LogP contribution in [-0.4, -0.2) is 76.0 Å². The molecule has 13 nitrogen and oxygen atoms in total. The Balaban J connectivity index is 1.37. The van der Waals surface area contributed by atoms with E-state index < -0.39 is 47.5 Å².